The number of hydrogen-bond acceptors (Lipinski definition) is 3. The van der Waals surface area contributed by atoms with Gasteiger partial charge in [-0.25, -0.2) is 0 Å². The summed E-state index contributed by atoms with van der Waals surface area (Å²) in [5.41, 5.74) is 1.26. The highest BCUT2D eigenvalue weighted by Gasteiger charge is 2.38. The van der Waals surface area contributed by atoms with E-state index in [1.165, 1.54) is 24.8 Å². The molecule has 2 heterocycles. The maximum atomic E-state index is 11.3. The summed E-state index contributed by atoms with van der Waals surface area (Å²) in [6.45, 7) is 2.57. The number of methoxy groups -OCH3 is 1. The Morgan fingerprint density at radius 1 is 1.27 bits per heavy atom. The maximum absolute atomic E-state index is 11.3. The Morgan fingerprint density at radius 2 is 1.95 bits per heavy atom. The third-order valence-corrected chi connectivity index (χ3v) is 5.08. The Kier molecular flexibility index (Phi) is 4.67. The molecule has 1 amide bonds. The third kappa shape index (κ3) is 3.27. The molecule has 2 unspecified atom stereocenters. The minimum Gasteiger partial charge on any atom is -0.496 e. The van der Waals surface area contributed by atoms with Crippen LogP contribution in [0.5, 0.6) is 5.75 Å². The zero-order valence-corrected chi connectivity index (χ0v) is 13.5. The summed E-state index contributed by atoms with van der Waals surface area (Å²) in [4.78, 5) is 14.0. The molecule has 2 saturated heterocycles. The fourth-order valence-corrected chi connectivity index (χ4v) is 4.17. The van der Waals surface area contributed by atoms with Gasteiger partial charge in [-0.2, -0.15) is 0 Å². The average Bonchev–Trinajstić information content (AvgIpc) is 2.48. The maximum Gasteiger partial charge on any atom is 0.217 e. The van der Waals surface area contributed by atoms with E-state index in [2.05, 4.69) is 22.3 Å². The number of amides is 1. The van der Waals surface area contributed by atoms with E-state index < -0.39 is 0 Å². The van der Waals surface area contributed by atoms with Gasteiger partial charge in [0.15, 0.2) is 0 Å². The van der Waals surface area contributed by atoms with Crippen molar-refractivity contribution in [1.82, 2.24) is 10.2 Å². The Bertz CT molecular complexity index is 518. The van der Waals surface area contributed by atoms with E-state index in [-0.39, 0.29) is 5.91 Å². The molecule has 4 heteroatoms. The largest absolute Gasteiger partial charge is 0.496 e. The summed E-state index contributed by atoms with van der Waals surface area (Å²) in [6, 6.07) is 9.80. The van der Waals surface area contributed by atoms with Gasteiger partial charge in [-0.3, -0.25) is 9.69 Å². The van der Waals surface area contributed by atoms with Crippen molar-refractivity contribution >= 4 is 5.91 Å². The standard InChI is InChI=1S/C18H26N2O2/c1-13(21)19-15-10-16-7-5-8-17(11-15)20(16)12-14-6-3-4-9-18(14)22-2/h3-4,6,9,15-17H,5,7-8,10-12H2,1-2H3,(H,19,21). The van der Waals surface area contributed by atoms with Gasteiger partial charge in [0.1, 0.15) is 5.75 Å². The van der Waals surface area contributed by atoms with Crippen LogP contribution in [0.3, 0.4) is 0 Å². The predicted molar refractivity (Wildman–Crippen MR) is 86.8 cm³/mol. The lowest BCUT2D eigenvalue weighted by Crippen LogP contribution is -2.56. The first kappa shape index (κ1) is 15.3. The first-order valence-corrected chi connectivity index (χ1v) is 8.32. The number of benzene rings is 1. The Labute approximate surface area is 132 Å². The molecule has 2 aliphatic heterocycles. The van der Waals surface area contributed by atoms with E-state index in [0.29, 0.717) is 18.1 Å². The second-order valence-electron chi connectivity index (χ2n) is 6.59. The molecule has 0 aromatic heterocycles. The molecule has 2 bridgehead atoms. The summed E-state index contributed by atoms with van der Waals surface area (Å²) >= 11 is 0. The SMILES string of the molecule is COc1ccccc1CN1C2CCCC1CC(NC(C)=O)C2. The lowest BCUT2D eigenvalue weighted by atomic mass is 9.81. The second kappa shape index (κ2) is 6.69. The van der Waals surface area contributed by atoms with Crippen LogP contribution in [-0.4, -0.2) is 36.0 Å². The molecule has 2 aliphatic rings. The minimum absolute atomic E-state index is 0.0984. The van der Waals surface area contributed by atoms with Crippen molar-refractivity contribution in [3.8, 4) is 5.75 Å². The summed E-state index contributed by atoms with van der Waals surface area (Å²) in [5, 5.41) is 3.13. The van der Waals surface area contributed by atoms with Gasteiger partial charge < -0.3 is 10.1 Å². The number of hydrogen-bond donors (Lipinski definition) is 1. The molecule has 0 saturated carbocycles. The van der Waals surface area contributed by atoms with Crippen LogP contribution in [0.1, 0.15) is 44.6 Å². The fraction of sp³-hybridized carbons (Fsp3) is 0.611. The van der Waals surface area contributed by atoms with E-state index in [1.54, 1.807) is 14.0 Å². The summed E-state index contributed by atoms with van der Waals surface area (Å²) < 4.78 is 5.50. The average molecular weight is 302 g/mol. The molecule has 120 valence electrons. The van der Waals surface area contributed by atoms with Crippen molar-refractivity contribution in [2.24, 2.45) is 0 Å². The molecule has 1 aromatic carbocycles. The Morgan fingerprint density at radius 3 is 2.59 bits per heavy atom. The monoisotopic (exact) mass is 302 g/mol. The lowest BCUT2D eigenvalue weighted by Gasteiger charge is -2.49. The van der Waals surface area contributed by atoms with Crippen molar-refractivity contribution < 1.29 is 9.53 Å². The van der Waals surface area contributed by atoms with Gasteiger partial charge in [0.25, 0.3) is 0 Å². The first-order valence-electron chi connectivity index (χ1n) is 8.32. The van der Waals surface area contributed by atoms with Gasteiger partial charge in [0.2, 0.25) is 5.91 Å². The van der Waals surface area contributed by atoms with Crippen LogP contribution in [0.2, 0.25) is 0 Å². The normalized spacial score (nSPS) is 28.2. The van der Waals surface area contributed by atoms with E-state index in [4.69, 9.17) is 4.74 Å². The quantitative estimate of drug-likeness (QED) is 0.930. The zero-order valence-electron chi connectivity index (χ0n) is 13.5. The third-order valence-electron chi connectivity index (χ3n) is 5.08. The summed E-state index contributed by atoms with van der Waals surface area (Å²) in [5.74, 6) is 1.07. The fourth-order valence-electron chi connectivity index (χ4n) is 4.17. The second-order valence-corrected chi connectivity index (χ2v) is 6.59. The lowest BCUT2D eigenvalue weighted by molar-refractivity contribution is -0.120. The van der Waals surface area contributed by atoms with Crippen molar-refractivity contribution in [2.75, 3.05) is 7.11 Å². The molecular formula is C18H26N2O2. The Balaban J connectivity index is 1.73. The van der Waals surface area contributed by atoms with Crippen molar-refractivity contribution in [3.63, 3.8) is 0 Å². The van der Waals surface area contributed by atoms with Crippen LogP contribution in [0.4, 0.5) is 0 Å². The Hall–Kier alpha value is -1.55. The topological polar surface area (TPSA) is 41.6 Å². The van der Waals surface area contributed by atoms with Gasteiger partial charge in [0, 0.05) is 37.2 Å². The van der Waals surface area contributed by atoms with Crippen LogP contribution < -0.4 is 10.1 Å². The van der Waals surface area contributed by atoms with E-state index >= 15 is 0 Å². The number of carbonyl (C=O) groups is 1. The molecule has 1 N–H and O–H groups in total. The summed E-state index contributed by atoms with van der Waals surface area (Å²) in [7, 11) is 1.74. The first-order chi connectivity index (χ1) is 10.7. The van der Waals surface area contributed by atoms with Crippen LogP contribution in [-0.2, 0) is 11.3 Å². The number of piperidine rings is 2. The molecule has 0 aliphatic carbocycles. The predicted octanol–water partition coefficient (Wildman–Crippen LogP) is 2.72. The zero-order chi connectivity index (χ0) is 15.5. The number of para-hydroxylation sites is 1. The molecule has 0 radical (unpaired) electrons. The molecule has 1 aromatic rings. The number of nitrogens with one attached hydrogen (secondary N) is 1. The molecule has 3 rings (SSSR count). The molecule has 2 fully saturated rings. The van der Waals surface area contributed by atoms with Gasteiger partial charge >= 0.3 is 0 Å². The van der Waals surface area contributed by atoms with E-state index in [1.807, 2.05) is 12.1 Å². The highest BCUT2D eigenvalue weighted by Crippen LogP contribution is 2.36. The molecular weight excluding hydrogens is 276 g/mol. The number of carbonyl (C=O) groups excluding carboxylic acids is 1. The van der Waals surface area contributed by atoms with Crippen molar-refractivity contribution in [3.05, 3.63) is 29.8 Å². The van der Waals surface area contributed by atoms with Gasteiger partial charge in [-0.1, -0.05) is 24.6 Å². The van der Waals surface area contributed by atoms with Gasteiger partial charge in [0.05, 0.1) is 7.11 Å². The molecule has 2 atom stereocenters. The van der Waals surface area contributed by atoms with Crippen LogP contribution >= 0.6 is 0 Å². The number of nitrogens with zero attached hydrogens (tertiary/aromatic N) is 1. The molecule has 0 spiro atoms. The van der Waals surface area contributed by atoms with Gasteiger partial charge in [-0.05, 0) is 31.7 Å². The number of rotatable bonds is 4. The molecule has 4 nitrogen and oxygen atoms in total. The van der Waals surface area contributed by atoms with E-state index in [0.717, 1.165) is 25.1 Å². The number of ether oxygens (including phenoxy) is 1. The van der Waals surface area contributed by atoms with E-state index in [9.17, 15) is 4.79 Å². The minimum atomic E-state index is 0.0984. The number of fused-ring (bicyclic) bond motifs is 2. The van der Waals surface area contributed by atoms with Gasteiger partial charge in [-0.15, -0.1) is 0 Å². The summed E-state index contributed by atoms with van der Waals surface area (Å²) in [6.07, 6.45) is 5.93. The van der Waals surface area contributed by atoms with Crippen molar-refractivity contribution in [1.29, 1.82) is 0 Å². The van der Waals surface area contributed by atoms with Crippen molar-refractivity contribution in [2.45, 2.75) is 63.7 Å². The highest BCUT2D eigenvalue weighted by atomic mass is 16.5. The van der Waals surface area contributed by atoms with Crippen LogP contribution in [0.25, 0.3) is 0 Å². The van der Waals surface area contributed by atoms with Crippen LogP contribution in [0.15, 0.2) is 24.3 Å². The van der Waals surface area contributed by atoms with Crippen LogP contribution in [0, 0.1) is 0 Å². The molecule has 22 heavy (non-hydrogen) atoms. The smallest absolute Gasteiger partial charge is 0.217 e. The highest BCUT2D eigenvalue weighted by molar-refractivity contribution is 5.73.